The van der Waals surface area contributed by atoms with Gasteiger partial charge in [-0.1, -0.05) is 0 Å². The number of benzene rings is 1. The smallest absolute Gasteiger partial charge is 0.319 e. The van der Waals surface area contributed by atoms with Crippen LogP contribution in [-0.4, -0.2) is 41.2 Å². The molecule has 8 heteroatoms. The number of nitrogen functional groups attached to an aromatic ring is 1. The summed E-state index contributed by atoms with van der Waals surface area (Å²) in [6.45, 7) is 7.25. The van der Waals surface area contributed by atoms with Crippen molar-refractivity contribution >= 4 is 34.3 Å². The van der Waals surface area contributed by atoms with Crippen molar-refractivity contribution in [3.63, 3.8) is 0 Å². The number of rotatable bonds is 6. The maximum Gasteiger partial charge on any atom is 0.319 e. The van der Waals surface area contributed by atoms with Crippen molar-refractivity contribution in [2.45, 2.75) is 33.7 Å². The first-order valence-corrected chi connectivity index (χ1v) is 9.69. The number of aromatic nitrogens is 3. The molecule has 0 saturated heterocycles. The quantitative estimate of drug-likeness (QED) is 0.556. The number of amides is 2. The summed E-state index contributed by atoms with van der Waals surface area (Å²) >= 11 is 0. The summed E-state index contributed by atoms with van der Waals surface area (Å²) in [5.41, 5.74) is 11.7. The summed E-state index contributed by atoms with van der Waals surface area (Å²) in [7, 11) is 3.96. The fourth-order valence-electron chi connectivity index (χ4n) is 3.34. The second-order valence-corrected chi connectivity index (χ2v) is 7.39. The van der Waals surface area contributed by atoms with Gasteiger partial charge in [0.05, 0.1) is 5.52 Å². The number of fused-ring (bicyclic) bond motifs is 1. The number of carbonyl (C=O) groups excluding carboxylic acids is 1. The van der Waals surface area contributed by atoms with Gasteiger partial charge >= 0.3 is 6.03 Å². The van der Waals surface area contributed by atoms with Crippen molar-refractivity contribution < 1.29 is 4.79 Å². The Morgan fingerprint density at radius 1 is 1.14 bits per heavy atom. The lowest BCUT2D eigenvalue weighted by Gasteiger charge is -2.13. The van der Waals surface area contributed by atoms with Crippen molar-refractivity contribution in [3.05, 3.63) is 41.3 Å². The number of pyridine rings is 1. The zero-order chi connectivity index (χ0) is 21.1. The van der Waals surface area contributed by atoms with Gasteiger partial charge in [0.25, 0.3) is 0 Å². The van der Waals surface area contributed by atoms with Gasteiger partial charge in [-0.05, 0) is 57.0 Å². The van der Waals surface area contributed by atoms with E-state index in [2.05, 4.69) is 25.2 Å². The number of anilines is 3. The van der Waals surface area contributed by atoms with Crippen LogP contribution in [0, 0.1) is 20.8 Å². The first-order chi connectivity index (χ1) is 13.8. The van der Waals surface area contributed by atoms with Crippen molar-refractivity contribution in [3.8, 4) is 0 Å². The molecule has 0 radical (unpaired) electrons. The Labute approximate surface area is 171 Å². The SMILES string of the molecule is Cc1nc(N)c2nc(C)n(CCCNC(=O)Nc3ccc(N(C)C)cc3)c2c1C. The Bertz CT molecular complexity index is 1020. The van der Waals surface area contributed by atoms with E-state index >= 15 is 0 Å². The molecule has 0 aliphatic carbocycles. The molecule has 0 spiro atoms. The fourth-order valence-corrected chi connectivity index (χ4v) is 3.34. The number of aryl methyl sites for hydroxylation is 4. The molecule has 0 atom stereocenters. The summed E-state index contributed by atoms with van der Waals surface area (Å²) in [6.07, 6.45) is 0.778. The minimum atomic E-state index is -0.213. The Morgan fingerprint density at radius 3 is 2.48 bits per heavy atom. The van der Waals surface area contributed by atoms with Gasteiger partial charge in [0.1, 0.15) is 11.3 Å². The summed E-state index contributed by atoms with van der Waals surface area (Å²) in [4.78, 5) is 23.1. The van der Waals surface area contributed by atoms with Gasteiger partial charge in [0.15, 0.2) is 5.82 Å². The number of nitrogens with zero attached hydrogens (tertiary/aromatic N) is 4. The van der Waals surface area contributed by atoms with E-state index in [1.165, 1.54) is 0 Å². The van der Waals surface area contributed by atoms with Crippen LogP contribution >= 0.6 is 0 Å². The van der Waals surface area contributed by atoms with Gasteiger partial charge in [-0.25, -0.2) is 14.8 Å². The molecule has 8 nitrogen and oxygen atoms in total. The predicted octanol–water partition coefficient (Wildman–Crippen LogP) is 3.22. The van der Waals surface area contributed by atoms with Crippen molar-refractivity contribution in [2.75, 3.05) is 36.6 Å². The normalized spacial score (nSPS) is 10.9. The first-order valence-electron chi connectivity index (χ1n) is 9.69. The molecule has 2 amide bonds. The lowest BCUT2D eigenvalue weighted by Crippen LogP contribution is -2.30. The number of hydrogen-bond acceptors (Lipinski definition) is 5. The Balaban J connectivity index is 1.57. The van der Waals surface area contributed by atoms with Gasteiger partial charge in [-0.2, -0.15) is 0 Å². The lowest BCUT2D eigenvalue weighted by atomic mass is 10.2. The average molecular weight is 396 g/mol. The topological polar surface area (TPSA) is 101 Å². The van der Waals surface area contributed by atoms with E-state index in [1.54, 1.807) is 0 Å². The van der Waals surface area contributed by atoms with Gasteiger partial charge in [-0.3, -0.25) is 0 Å². The van der Waals surface area contributed by atoms with Crippen LogP contribution in [-0.2, 0) is 6.54 Å². The Morgan fingerprint density at radius 2 is 1.83 bits per heavy atom. The van der Waals surface area contributed by atoms with Crippen LogP contribution in [0.3, 0.4) is 0 Å². The molecule has 0 fully saturated rings. The highest BCUT2D eigenvalue weighted by Gasteiger charge is 2.15. The summed E-state index contributed by atoms with van der Waals surface area (Å²) in [5, 5.41) is 5.76. The van der Waals surface area contributed by atoms with Gasteiger partial charge in [0.2, 0.25) is 0 Å². The molecule has 0 aliphatic rings. The number of nitrogens with one attached hydrogen (secondary N) is 2. The van der Waals surface area contributed by atoms with E-state index in [1.807, 2.05) is 64.0 Å². The molecular weight excluding hydrogens is 366 g/mol. The number of nitrogens with two attached hydrogens (primary N) is 1. The monoisotopic (exact) mass is 395 g/mol. The number of carbonyl (C=O) groups is 1. The number of imidazole rings is 1. The third-order valence-electron chi connectivity index (χ3n) is 5.07. The third-order valence-corrected chi connectivity index (χ3v) is 5.07. The molecular formula is C21H29N7O. The largest absolute Gasteiger partial charge is 0.382 e. The highest BCUT2D eigenvalue weighted by Crippen LogP contribution is 2.25. The first kappa shape index (κ1) is 20.4. The molecule has 3 rings (SSSR count). The van der Waals surface area contributed by atoms with Crippen LogP contribution in [0.25, 0.3) is 11.0 Å². The van der Waals surface area contributed by atoms with Crippen LogP contribution in [0.15, 0.2) is 24.3 Å². The van der Waals surface area contributed by atoms with E-state index in [4.69, 9.17) is 5.73 Å². The predicted molar refractivity (Wildman–Crippen MR) is 119 cm³/mol. The molecule has 2 heterocycles. The molecule has 4 N–H and O–H groups in total. The van der Waals surface area contributed by atoms with E-state index in [0.29, 0.717) is 12.4 Å². The zero-order valence-corrected chi connectivity index (χ0v) is 17.7. The van der Waals surface area contributed by atoms with Crippen LogP contribution in [0.4, 0.5) is 22.0 Å². The average Bonchev–Trinajstić information content (AvgIpc) is 3.01. The summed E-state index contributed by atoms with van der Waals surface area (Å²) in [5.74, 6) is 1.36. The minimum absolute atomic E-state index is 0.213. The molecule has 0 bridgehead atoms. The minimum Gasteiger partial charge on any atom is -0.382 e. The number of hydrogen-bond donors (Lipinski definition) is 3. The maximum atomic E-state index is 12.1. The van der Waals surface area contributed by atoms with Gasteiger partial charge in [-0.15, -0.1) is 0 Å². The van der Waals surface area contributed by atoms with Crippen LogP contribution in [0.2, 0.25) is 0 Å². The summed E-state index contributed by atoms with van der Waals surface area (Å²) in [6, 6.07) is 7.50. The van der Waals surface area contributed by atoms with Crippen LogP contribution in [0.5, 0.6) is 0 Å². The van der Waals surface area contributed by atoms with Crippen LogP contribution < -0.4 is 21.3 Å². The Hall–Kier alpha value is -3.29. The van der Waals surface area contributed by atoms with E-state index in [9.17, 15) is 4.79 Å². The molecule has 0 saturated carbocycles. The highest BCUT2D eigenvalue weighted by molar-refractivity contribution is 5.89. The molecule has 0 aliphatic heterocycles. The summed E-state index contributed by atoms with van der Waals surface area (Å²) < 4.78 is 2.15. The molecule has 2 aromatic heterocycles. The molecule has 1 aromatic carbocycles. The van der Waals surface area contributed by atoms with Crippen molar-refractivity contribution in [2.24, 2.45) is 0 Å². The molecule has 154 valence electrons. The molecule has 3 aromatic rings. The lowest BCUT2D eigenvalue weighted by molar-refractivity contribution is 0.252. The highest BCUT2D eigenvalue weighted by atomic mass is 16.2. The van der Waals surface area contributed by atoms with Gasteiger partial charge < -0.3 is 25.8 Å². The van der Waals surface area contributed by atoms with Crippen molar-refractivity contribution in [1.29, 1.82) is 0 Å². The second-order valence-electron chi connectivity index (χ2n) is 7.39. The third kappa shape index (κ3) is 4.42. The number of urea groups is 1. The zero-order valence-electron chi connectivity index (χ0n) is 17.7. The standard InChI is InChI=1S/C21H29N7O/c1-13-14(2)24-20(22)18-19(13)28(15(3)25-18)12-6-11-23-21(29)26-16-7-9-17(10-8-16)27(4)5/h7-10H,6,11-12H2,1-5H3,(H2,22,24)(H2,23,26,29). The van der Waals surface area contributed by atoms with E-state index in [-0.39, 0.29) is 6.03 Å². The molecule has 0 unspecified atom stereocenters. The van der Waals surface area contributed by atoms with E-state index < -0.39 is 0 Å². The van der Waals surface area contributed by atoms with Gasteiger partial charge in [0, 0.05) is 44.3 Å². The molecule has 29 heavy (non-hydrogen) atoms. The Kier molecular flexibility index (Phi) is 5.91. The fraction of sp³-hybridized carbons (Fsp3) is 0.381. The van der Waals surface area contributed by atoms with E-state index in [0.717, 1.165) is 52.5 Å². The van der Waals surface area contributed by atoms with Crippen LogP contribution in [0.1, 0.15) is 23.5 Å². The maximum absolute atomic E-state index is 12.1. The second kappa shape index (κ2) is 8.38. The van der Waals surface area contributed by atoms with Crippen molar-refractivity contribution in [1.82, 2.24) is 19.9 Å².